The number of carbonyl (C=O) groups is 1. The molecule has 0 aliphatic heterocycles. The lowest BCUT2D eigenvalue weighted by atomic mass is 9.95. The lowest BCUT2D eigenvalue weighted by molar-refractivity contribution is -0.138. The van der Waals surface area contributed by atoms with Crippen LogP contribution in [0.3, 0.4) is 0 Å². The van der Waals surface area contributed by atoms with Crippen molar-refractivity contribution in [3.8, 4) is 0 Å². The Morgan fingerprint density at radius 2 is 2.00 bits per heavy atom. The van der Waals surface area contributed by atoms with Crippen molar-refractivity contribution in [1.29, 1.82) is 0 Å². The van der Waals surface area contributed by atoms with Gasteiger partial charge in [-0.2, -0.15) is 0 Å². The highest BCUT2D eigenvalue weighted by atomic mass is 16.4. The van der Waals surface area contributed by atoms with E-state index in [0.717, 1.165) is 11.1 Å². The molecule has 1 aromatic carbocycles. The molecule has 70 valence electrons. The molecular weight excluding hydrogens is 164 g/mol. The molecule has 2 nitrogen and oxygen atoms in total. The van der Waals surface area contributed by atoms with E-state index in [1.54, 1.807) is 6.92 Å². The zero-order valence-electron chi connectivity index (χ0n) is 8.16. The summed E-state index contributed by atoms with van der Waals surface area (Å²) in [5.74, 6) is -1.19. The van der Waals surface area contributed by atoms with Gasteiger partial charge in [0.05, 0.1) is 5.92 Å². The van der Waals surface area contributed by atoms with Gasteiger partial charge in [-0.1, -0.05) is 23.8 Å². The molecule has 0 saturated carbocycles. The number of hydrogen-bond donors (Lipinski definition) is 1. The zero-order chi connectivity index (χ0) is 10.0. The fraction of sp³-hybridized carbons (Fsp3) is 0.364. The van der Waals surface area contributed by atoms with Gasteiger partial charge in [0.15, 0.2) is 0 Å². The molecule has 0 spiro atoms. The van der Waals surface area contributed by atoms with Gasteiger partial charge in [-0.05, 0) is 31.9 Å². The molecule has 0 aromatic heterocycles. The number of aryl methyl sites for hydroxylation is 2. The highest BCUT2D eigenvalue weighted by Gasteiger charge is 2.15. The molecule has 0 saturated heterocycles. The molecule has 0 unspecified atom stereocenters. The molecule has 1 N–H and O–H groups in total. The van der Waals surface area contributed by atoms with Gasteiger partial charge in [0, 0.05) is 0 Å². The molecule has 2 heteroatoms. The molecular formula is C11H14O2. The molecule has 1 aromatic rings. The second kappa shape index (κ2) is 3.60. The molecule has 0 amide bonds. The average Bonchev–Trinajstić information content (AvgIpc) is 2.03. The third-order valence-electron chi connectivity index (χ3n) is 2.26. The molecule has 0 bridgehead atoms. The average molecular weight is 178 g/mol. The van der Waals surface area contributed by atoms with Crippen molar-refractivity contribution in [3.63, 3.8) is 0 Å². The maximum Gasteiger partial charge on any atom is 0.310 e. The number of carboxylic acids is 1. The monoisotopic (exact) mass is 178 g/mol. The second-order valence-electron chi connectivity index (χ2n) is 3.42. The van der Waals surface area contributed by atoms with Crippen LogP contribution < -0.4 is 0 Å². The number of aliphatic carboxylic acids is 1. The van der Waals surface area contributed by atoms with Crippen LogP contribution in [0.25, 0.3) is 0 Å². The topological polar surface area (TPSA) is 37.3 Å². The molecule has 13 heavy (non-hydrogen) atoms. The van der Waals surface area contributed by atoms with E-state index in [9.17, 15) is 4.79 Å². The molecule has 1 atom stereocenters. The standard InChI is InChI=1S/C11H14O2/c1-7-4-5-10(8(2)6-7)9(3)11(12)13/h4-6,9H,1-3H3,(H,12,13)/t9-/m0/s1. The maximum absolute atomic E-state index is 10.7. The van der Waals surface area contributed by atoms with E-state index in [4.69, 9.17) is 5.11 Å². The van der Waals surface area contributed by atoms with Crippen molar-refractivity contribution < 1.29 is 9.90 Å². The van der Waals surface area contributed by atoms with Gasteiger partial charge in [-0.3, -0.25) is 4.79 Å². The Balaban J connectivity index is 3.08. The van der Waals surface area contributed by atoms with Gasteiger partial charge in [0.25, 0.3) is 0 Å². The predicted molar refractivity (Wildman–Crippen MR) is 52.0 cm³/mol. The normalized spacial score (nSPS) is 12.5. The number of rotatable bonds is 2. The van der Waals surface area contributed by atoms with Crippen LogP contribution in [-0.2, 0) is 4.79 Å². The van der Waals surface area contributed by atoms with Crippen molar-refractivity contribution in [3.05, 3.63) is 34.9 Å². The number of benzene rings is 1. The van der Waals surface area contributed by atoms with Gasteiger partial charge < -0.3 is 5.11 Å². The van der Waals surface area contributed by atoms with Gasteiger partial charge in [0.1, 0.15) is 0 Å². The summed E-state index contributed by atoms with van der Waals surface area (Å²) in [5, 5.41) is 8.83. The van der Waals surface area contributed by atoms with Gasteiger partial charge >= 0.3 is 5.97 Å². The van der Waals surface area contributed by atoms with Crippen molar-refractivity contribution >= 4 is 5.97 Å². The fourth-order valence-electron chi connectivity index (χ4n) is 1.44. The van der Waals surface area contributed by atoms with Crippen LogP contribution >= 0.6 is 0 Å². The summed E-state index contributed by atoms with van der Waals surface area (Å²) in [5.41, 5.74) is 3.12. The zero-order valence-corrected chi connectivity index (χ0v) is 8.16. The van der Waals surface area contributed by atoms with E-state index >= 15 is 0 Å². The Morgan fingerprint density at radius 1 is 1.38 bits per heavy atom. The van der Waals surface area contributed by atoms with Gasteiger partial charge in [-0.25, -0.2) is 0 Å². The molecule has 0 radical (unpaired) electrons. The quantitative estimate of drug-likeness (QED) is 0.755. The summed E-state index contributed by atoms with van der Waals surface area (Å²) < 4.78 is 0. The maximum atomic E-state index is 10.7. The minimum atomic E-state index is -0.771. The first-order chi connectivity index (χ1) is 6.02. The van der Waals surface area contributed by atoms with E-state index < -0.39 is 11.9 Å². The lowest BCUT2D eigenvalue weighted by Crippen LogP contribution is -2.08. The third-order valence-corrected chi connectivity index (χ3v) is 2.26. The van der Waals surface area contributed by atoms with E-state index in [0.29, 0.717) is 0 Å². The minimum absolute atomic E-state index is 0.416. The van der Waals surface area contributed by atoms with Crippen molar-refractivity contribution in [1.82, 2.24) is 0 Å². The van der Waals surface area contributed by atoms with Crippen LogP contribution in [0.5, 0.6) is 0 Å². The minimum Gasteiger partial charge on any atom is -0.481 e. The Kier molecular flexibility index (Phi) is 2.71. The van der Waals surface area contributed by atoms with Gasteiger partial charge in [-0.15, -0.1) is 0 Å². The van der Waals surface area contributed by atoms with E-state index in [1.165, 1.54) is 5.56 Å². The van der Waals surface area contributed by atoms with Crippen LogP contribution in [0.2, 0.25) is 0 Å². The molecule has 0 aliphatic rings. The number of carboxylic acid groups (broad SMARTS) is 1. The first-order valence-electron chi connectivity index (χ1n) is 4.32. The van der Waals surface area contributed by atoms with E-state index in [1.807, 2.05) is 32.0 Å². The smallest absolute Gasteiger partial charge is 0.310 e. The highest BCUT2D eigenvalue weighted by molar-refractivity contribution is 5.76. The Labute approximate surface area is 78.2 Å². The summed E-state index contributed by atoms with van der Waals surface area (Å²) in [6, 6.07) is 5.85. The van der Waals surface area contributed by atoms with Crippen molar-refractivity contribution in [2.24, 2.45) is 0 Å². The van der Waals surface area contributed by atoms with Crippen LogP contribution in [0.4, 0.5) is 0 Å². The summed E-state index contributed by atoms with van der Waals surface area (Å²) in [4.78, 5) is 10.7. The third kappa shape index (κ3) is 2.08. The Hall–Kier alpha value is -1.31. The lowest BCUT2D eigenvalue weighted by Gasteiger charge is -2.10. The Morgan fingerprint density at radius 3 is 2.46 bits per heavy atom. The highest BCUT2D eigenvalue weighted by Crippen LogP contribution is 2.20. The molecule has 0 fully saturated rings. The SMILES string of the molecule is Cc1ccc([C@H](C)C(=O)O)c(C)c1. The summed E-state index contributed by atoms with van der Waals surface area (Å²) in [7, 11) is 0. The first kappa shape index (κ1) is 9.78. The van der Waals surface area contributed by atoms with Crippen molar-refractivity contribution in [2.75, 3.05) is 0 Å². The van der Waals surface area contributed by atoms with Crippen molar-refractivity contribution in [2.45, 2.75) is 26.7 Å². The van der Waals surface area contributed by atoms with Crippen LogP contribution in [0, 0.1) is 13.8 Å². The van der Waals surface area contributed by atoms with Gasteiger partial charge in [0.2, 0.25) is 0 Å². The Bertz CT molecular complexity index is 329. The second-order valence-corrected chi connectivity index (χ2v) is 3.42. The number of hydrogen-bond acceptors (Lipinski definition) is 1. The summed E-state index contributed by atoms with van der Waals surface area (Å²) in [6.07, 6.45) is 0. The summed E-state index contributed by atoms with van der Waals surface area (Å²) in [6.45, 7) is 5.66. The molecule has 1 rings (SSSR count). The summed E-state index contributed by atoms with van der Waals surface area (Å²) >= 11 is 0. The van der Waals surface area contributed by atoms with Crippen LogP contribution in [0.1, 0.15) is 29.5 Å². The van der Waals surface area contributed by atoms with E-state index in [2.05, 4.69) is 0 Å². The van der Waals surface area contributed by atoms with Crippen LogP contribution in [-0.4, -0.2) is 11.1 Å². The predicted octanol–water partition coefficient (Wildman–Crippen LogP) is 2.49. The van der Waals surface area contributed by atoms with E-state index in [-0.39, 0.29) is 0 Å². The largest absolute Gasteiger partial charge is 0.481 e. The molecule has 0 heterocycles. The fourth-order valence-corrected chi connectivity index (χ4v) is 1.44. The first-order valence-corrected chi connectivity index (χ1v) is 4.32. The van der Waals surface area contributed by atoms with Crippen LogP contribution in [0.15, 0.2) is 18.2 Å². The molecule has 0 aliphatic carbocycles.